The van der Waals surface area contributed by atoms with Crippen LogP contribution in [0, 0.1) is 0 Å². The van der Waals surface area contributed by atoms with Gasteiger partial charge in [0.2, 0.25) is 0 Å². The second kappa shape index (κ2) is 4.36. The number of rotatable bonds is 2. The Labute approximate surface area is 81.1 Å². The molecule has 74 valence electrons. The van der Waals surface area contributed by atoms with E-state index in [1.807, 2.05) is 0 Å². The number of carbonyl (C=O) groups excluding carboxylic acids is 2. The Balaban J connectivity index is 2.83. The van der Waals surface area contributed by atoms with Crippen LogP contribution in [0.5, 0.6) is 0 Å². The van der Waals surface area contributed by atoms with Crippen LogP contribution in [0.15, 0.2) is 18.3 Å². The maximum atomic E-state index is 11.0. The largest absolute Gasteiger partial charge is 0.453 e. The Hall–Kier alpha value is -1.91. The third-order valence-corrected chi connectivity index (χ3v) is 1.58. The minimum Gasteiger partial charge on any atom is -0.453 e. The van der Waals surface area contributed by atoms with Crippen molar-refractivity contribution in [2.45, 2.75) is 6.92 Å². The van der Waals surface area contributed by atoms with E-state index in [0.29, 0.717) is 11.4 Å². The van der Waals surface area contributed by atoms with Gasteiger partial charge >= 0.3 is 6.09 Å². The second-order valence-corrected chi connectivity index (χ2v) is 2.60. The Bertz CT molecular complexity index is 363. The summed E-state index contributed by atoms with van der Waals surface area (Å²) in [6.45, 7) is 1.44. The summed E-state index contributed by atoms with van der Waals surface area (Å²) in [6, 6.07) is 3.06. The maximum Gasteiger partial charge on any atom is 0.412 e. The van der Waals surface area contributed by atoms with Gasteiger partial charge in [-0.05, 0) is 19.1 Å². The molecule has 1 N–H and O–H groups in total. The van der Waals surface area contributed by atoms with Gasteiger partial charge in [-0.2, -0.15) is 0 Å². The molecule has 0 bridgehead atoms. The molecule has 0 fully saturated rings. The first-order valence-electron chi connectivity index (χ1n) is 3.95. The summed E-state index contributed by atoms with van der Waals surface area (Å²) < 4.78 is 4.38. The SMILES string of the molecule is COC(=O)Nc1cc(C(C)=O)ccn1. The molecule has 0 unspecified atom stereocenters. The van der Waals surface area contributed by atoms with Crippen LogP contribution < -0.4 is 5.32 Å². The first-order chi connectivity index (χ1) is 6.63. The molecule has 0 radical (unpaired) electrons. The number of hydrogen-bond acceptors (Lipinski definition) is 4. The Morgan fingerprint density at radius 2 is 2.21 bits per heavy atom. The number of pyridine rings is 1. The van der Waals surface area contributed by atoms with Crippen LogP contribution in [-0.4, -0.2) is 24.0 Å². The van der Waals surface area contributed by atoms with Crippen LogP contribution in [0.3, 0.4) is 0 Å². The van der Waals surface area contributed by atoms with Gasteiger partial charge in [0.15, 0.2) is 5.78 Å². The number of anilines is 1. The van der Waals surface area contributed by atoms with Crippen LogP contribution in [0.1, 0.15) is 17.3 Å². The van der Waals surface area contributed by atoms with E-state index in [2.05, 4.69) is 15.0 Å². The number of hydrogen-bond donors (Lipinski definition) is 1. The van der Waals surface area contributed by atoms with E-state index in [4.69, 9.17) is 0 Å². The number of methoxy groups -OCH3 is 1. The lowest BCUT2D eigenvalue weighted by Gasteiger charge is -2.02. The van der Waals surface area contributed by atoms with Crippen LogP contribution in [0.4, 0.5) is 10.6 Å². The van der Waals surface area contributed by atoms with Crippen molar-refractivity contribution in [3.05, 3.63) is 23.9 Å². The molecule has 0 saturated heterocycles. The number of nitrogens with zero attached hydrogens (tertiary/aromatic N) is 1. The monoisotopic (exact) mass is 194 g/mol. The smallest absolute Gasteiger partial charge is 0.412 e. The topological polar surface area (TPSA) is 68.3 Å². The number of aromatic nitrogens is 1. The predicted octanol–water partition coefficient (Wildman–Crippen LogP) is 1.46. The molecule has 0 aromatic carbocycles. The highest BCUT2D eigenvalue weighted by atomic mass is 16.5. The van der Waals surface area contributed by atoms with Crippen molar-refractivity contribution >= 4 is 17.7 Å². The van der Waals surface area contributed by atoms with E-state index in [-0.39, 0.29) is 5.78 Å². The van der Waals surface area contributed by atoms with Crippen molar-refractivity contribution in [1.29, 1.82) is 0 Å². The van der Waals surface area contributed by atoms with Crippen molar-refractivity contribution in [1.82, 2.24) is 4.98 Å². The molecular weight excluding hydrogens is 184 g/mol. The van der Waals surface area contributed by atoms with Crippen molar-refractivity contribution < 1.29 is 14.3 Å². The quantitative estimate of drug-likeness (QED) is 0.723. The van der Waals surface area contributed by atoms with Crippen LogP contribution >= 0.6 is 0 Å². The summed E-state index contributed by atoms with van der Waals surface area (Å²) in [5.74, 6) is 0.213. The molecule has 0 aliphatic heterocycles. The molecule has 1 heterocycles. The van der Waals surface area contributed by atoms with E-state index in [1.54, 1.807) is 6.07 Å². The summed E-state index contributed by atoms with van der Waals surface area (Å²) >= 11 is 0. The number of Topliss-reactive ketones (excluding diaryl/α,β-unsaturated/α-hetero) is 1. The minimum atomic E-state index is -0.613. The molecule has 1 aromatic rings. The zero-order valence-corrected chi connectivity index (χ0v) is 7.90. The molecule has 5 heteroatoms. The molecule has 1 rings (SSSR count). The fourth-order valence-electron chi connectivity index (χ4n) is 0.873. The van der Waals surface area contributed by atoms with E-state index in [1.165, 1.54) is 26.3 Å². The average molecular weight is 194 g/mol. The summed E-state index contributed by atoms with van der Waals surface area (Å²) in [7, 11) is 1.25. The molecule has 14 heavy (non-hydrogen) atoms. The molecule has 0 aliphatic carbocycles. The van der Waals surface area contributed by atoms with Crippen LogP contribution in [0.2, 0.25) is 0 Å². The summed E-state index contributed by atoms with van der Waals surface area (Å²) in [6.07, 6.45) is 0.834. The molecule has 1 aromatic heterocycles. The Morgan fingerprint density at radius 3 is 2.79 bits per heavy atom. The van der Waals surface area contributed by atoms with E-state index >= 15 is 0 Å². The number of ether oxygens (including phenoxy) is 1. The highest BCUT2D eigenvalue weighted by Gasteiger charge is 2.04. The third-order valence-electron chi connectivity index (χ3n) is 1.58. The van der Waals surface area contributed by atoms with Gasteiger partial charge in [-0.1, -0.05) is 0 Å². The summed E-state index contributed by atoms with van der Waals surface area (Å²) in [5.41, 5.74) is 0.492. The zero-order chi connectivity index (χ0) is 10.6. The first kappa shape index (κ1) is 10.2. The fourth-order valence-corrected chi connectivity index (χ4v) is 0.873. The standard InChI is InChI=1S/C9H10N2O3/c1-6(12)7-3-4-10-8(5-7)11-9(13)14-2/h3-5H,1-2H3,(H,10,11,13). The molecule has 5 nitrogen and oxygen atoms in total. The van der Waals surface area contributed by atoms with Gasteiger partial charge in [0.1, 0.15) is 5.82 Å². The Kier molecular flexibility index (Phi) is 3.17. The lowest BCUT2D eigenvalue weighted by molar-refractivity contribution is 0.101. The normalized spacial score (nSPS) is 9.29. The van der Waals surface area contributed by atoms with Gasteiger partial charge in [-0.15, -0.1) is 0 Å². The zero-order valence-electron chi connectivity index (χ0n) is 7.90. The van der Waals surface area contributed by atoms with Crippen molar-refractivity contribution in [2.75, 3.05) is 12.4 Å². The van der Waals surface area contributed by atoms with Crippen molar-refractivity contribution in [3.8, 4) is 0 Å². The summed E-state index contributed by atoms with van der Waals surface area (Å²) in [4.78, 5) is 25.6. The molecule has 0 spiro atoms. The third kappa shape index (κ3) is 2.55. The van der Waals surface area contributed by atoms with Gasteiger partial charge in [0.25, 0.3) is 0 Å². The van der Waals surface area contributed by atoms with Crippen LogP contribution in [0.25, 0.3) is 0 Å². The second-order valence-electron chi connectivity index (χ2n) is 2.60. The molecule has 0 aliphatic rings. The lowest BCUT2D eigenvalue weighted by atomic mass is 10.2. The number of amides is 1. The van der Waals surface area contributed by atoms with Crippen molar-refractivity contribution in [3.63, 3.8) is 0 Å². The molecular formula is C9H10N2O3. The average Bonchev–Trinajstić information content (AvgIpc) is 2.18. The predicted molar refractivity (Wildman–Crippen MR) is 50.3 cm³/mol. The van der Waals surface area contributed by atoms with Crippen LogP contribution in [-0.2, 0) is 4.74 Å². The van der Waals surface area contributed by atoms with E-state index < -0.39 is 6.09 Å². The number of nitrogens with one attached hydrogen (secondary N) is 1. The first-order valence-corrected chi connectivity index (χ1v) is 3.95. The molecule has 1 amide bonds. The van der Waals surface area contributed by atoms with Gasteiger partial charge in [-0.3, -0.25) is 10.1 Å². The molecule has 0 saturated carbocycles. The summed E-state index contributed by atoms with van der Waals surface area (Å²) in [5, 5.41) is 2.36. The van der Waals surface area contributed by atoms with Gasteiger partial charge in [-0.25, -0.2) is 9.78 Å². The lowest BCUT2D eigenvalue weighted by Crippen LogP contribution is -2.12. The fraction of sp³-hybridized carbons (Fsp3) is 0.222. The van der Waals surface area contributed by atoms with Gasteiger partial charge < -0.3 is 4.74 Å². The minimum absolute atomic E-state index is 0.0830. The van der Waals surface area contributed by atoms with E-state index in [0.717, 1.165) is 0 Å². The van der Waals surface area contributed by atoms with Gasteiger partial charge in [0.05, 0.1) is 7.11 Å². The molecule has 0 atom stereocenters. The highest BCUT2D eigenvalue weighted by molar-refractivity contribution is 5.95. The van der Waals surface area contributed by atoms with Gasteiger partial charge in [0, 0.05) is 11.8 Å². The number of carbonyl (C=O) groups is 2. The Morgan fingerprint density at radius 1 is 1.50 bits per heavy atom. The van der Waals surface area contributed by atoms with E-state index in [9.17, 15) is 9.59 Å². The highest BCUT2D eigenvalue weighted by Crippen LogP contribution is 2.07. The number of ketones is 1. The maximum absolute atomic E-state index is 11.0. The van der Waals surface area contributed by atoms with Crippen molar-refractivity contribution in [2.24, 2.45) is 0 Å².